The van der Waals surface area contributed by atoms with E-state index < -0.39 is 0 Å². The molecule has 0 unspecified atom stereocenters. The van der Waals surface area contributed by atoms with E-state index in [1.165, 1.54) is 0 Å². The highest BCUT2D eigenvalue weighted by Gasteiger charge is 2.09. The molecule has 5 nitrogen and oxygen atoms in total. The van der Waals surface area contributed by atoms with E-state index in [4.69, 9.17) is 27.9 Å². The molecule has 130 valence electrons. The Bertz CT molecular complexity index is 671. The van der Waals surface area contributed by atoms with Gasteiger partial charge in [-0.15, -0.1) is 0 Å². The average molecular weight is 369 g/mol. The number of ether oxygens (including phenoxy) is 1. The Morgan fingerprint density at radius 1 is 1.21 bits per heavy atom. The first kappa shape index (κ1) is 18.6. The molecule has 0 aliphatic heterocycles. The van der Waals surface area contributed by atoms with Crippen molar-refractivity contribution in [3.8, 4) is 0 Å². The van der Waals surface area contributed by atoms with Crippen molar-refractivity contribution in [1.82, 2.24) is 15.2 Å². The van der Waals surface area contributed by atoms with E-state index in [-0.39, 0.29) is 0 Å². The normalized spacial score (nSPS) is 11.6. The highest BCUT2D eigenvalue weighted by Crippen LogP contribution is 2.24. The predicted molar refractivity (Wildman–Crippen MR) is 99.7 cm³/mol. The molecule has 0 aliphatic carbocycles. The van der Waals surface area contributed by atoms with Crippen LogP contribution in [-0.4, -0.2) is 30.7 Å². The lowest BCUT2D eigenvalue weighted by Gasteiger charge is -2.12. The summed E-state index contributed by atoms with van der Waals surface area (Å²) in [6.45, 7) is 2.45. The first-order valence-electron chi connectivity index (χ1n) is 7.67. The summed E-state index contributed by atoms with van der Waals surface area (Å²) in [7, 11) is 3.60. The molecule has 0 amide bonds. The maximum absolute atomic E-state index is 6.06. The molecule has 1 aromatic heterocycles. The van der Waals surface area contributed by atoms with Crippen LogP contribution in [0.15, 0.2) is 41.4 Å². The van der Waals surface area contributed by atoms with Crippen LogP contribution in [0.3, 0.4) is 0 Å². The maximum Gasteiger partial charge on any atom is 0.191 e. The Balaban J connectivity index is 1.68. The number of aromatic nitrogens is 1. The second-order valence-electron chi connectivity index (χ2n) is 5.22. The second-order valence-corrected chi connectivity index (χ2v) is 5.99. The van der Waals surface area contributed by atoms with Crippen LogP contribution in [0.1, 0.15) is 11.3 Å². The van der Waals surface area contributed by atoms with E-state index in [9.17, 15) is 0 Å². The Kier molecular flexibility index (Phi) is 7.43. The van der Waals surface area contributed by atoms with Gasteiger partial charge in [-0.3, -0.25) is 4.99 Å². The molecule has 2 rings (SSSR count). The van der Waals surface area contributed by atoms with Crippen LogP contribution in [0.25, 0.3) is 0 Å². The molecule has 0 atom stereocenters. The quantitative estimate of drug-likeness (QED) is 0.448. The Labute approximate surface area is 152 Å². The first-order chi connectivity index (χ1) is 11.6. The third kappa shape index (κ3) is 5.44. The zero-order valence-electron chi connectivity index (χ0n) is 13.9. The molecule has 0 saturated carbocycles. The summed E-state index contributed by atoms with van der Waals surface area (Å²) in [4.78, 5) is 4.18. The van der Waals surface area contributed by atoms with Crippen molar-refractivity contribution >= 4 is 29.2 Å². The third-order valence-electron chi connectivity index (χ3n) is 3.53. The molecular weight excluding hydrogens is 347 g/mol. The van der Waals surface area contributed by atoms with Crippen LogP contribution in [0.4, 0.5) is 0 Å². The summed E-state index contributed by atoms with van der Waals surface area (Å²) in [6.07, 6.45) is 0. The zero-order chi connectivity index (χ0) is 17.4. The number of nitrogens with zero attached hydrogens (tertiary/aromatic N) is 2. The monoisotopic (exact) mass is 368 g/mol. The van der Waals surface area contributed by atoms with Gasteiger partial charge in [-0.1, -0.05) is 53.5 Å². The highest BCUT2D eigenvalue weighted by molar-refractivity contribution is 6.41. The standard InChI is InChI=1S/C17H22Cl2N4O/c1-20-17(22-11-14-10-15(18)16(19)23(14)2)21-8-9-24-12-13-6-4-3-5-7-13/h3-7,10H,8-9,11-12H2,1-2H3,(H2,20,21,22). The van der Waals surface area contributed by atoms with Crippen LogP contribution in [0.2, 0.25) is 10.2 Å². The lowest BCUT2D eigenvalue weighted by atomic mass is 10.2. The average Bonchev–Trinajstić information content (AvgIpc) is 2.85. The van der Waals surface area contributed by atoms with E-state index in [1.54, 1.807) is 7.05 Å². The van der Waals surface area contributed by atoms with E-state index in [0.29, 0.717) is 42.4 Å². The number of guanidine groups is 1. The minimum atomic E-state index is 0.533. The number of hydrogen-bond acceptors (Lipinski definition) is 2. The van der Waals surface area contributed by atoms with Crippen molar-refractivity contribution in [3.05, 3.63) is 57.8 Å². The molecule has 0 aliphatic rings. The van der Waals surface area contributed by atoms with Crippen molar-refractivity contribution in [2.75, 3.05) is 20.2 Å². The largest absolute Gasteiger partial charge is 0.375 e. The van der Waals surface area contributed by atoms with Gasteiger partial charge in [0.2, 0.25) is 0 Å². The van der Waals surface area contributed by atoms with Crippen LogP contribution < -0.4 is 10.6 Å². The van der Waals surface area contributed by atoms with E-state index in [1.807, 2.05) is 48.0 Å². The fourth-order valence-electron chi connectivity index (χ4n) is 2.16. The molecule has 24 heavy (non-hydrogen) atoms. The van der Waals surface area contributed by atoms with Crippen molar-refractivity contribution in [1.29, 1.82) is 0 Å². The lowest BCUT2D eigenvalue weighted by molar-refractivity contribution is 0.125. The molecule has 2 N–H and O–H groups in total. The predicted octanol–water partition coefficient (Wildman–Crippen LogP) is 3.21. The Morgan fingerprint density at radius 2 is 1.96 bits per heavy atom. The van der Waals surface area contributed by atoms with E-state index in [0.717, 1.165) is 11.3 Å². The molecule has 0 fully saturated rings. The molecule has 0 spiro atoms. The van der Waals surface area contributed by atoms with Crippen LogP contribution in [0.5, 0.6) is 0 Å². The van der Waals surface area contributed by atoms with Crippen molar-refractivity contribution in [3.63, 3.8) is 0 Å². The van der Waals surface area contributed by atoms with Crippen LogP contribution in [0, 0.1) is 0 Å². The van der Waals surface area contributed by atoms with Crippen molar-refractivity contribution in [2.45, 2.75) is 13.2 Å². The number of halogens is 2. The SMILES string of the molecule is CN=C(NCCOCc1ccccc1)NCc1cc(Cl)c(Cl)n1C. The van der Waals surface area contributed by atoms with Gasteiger partial charge in [-0.25, -0.2) is 0 Å². The van der Waals surface area contributed by atoms with Gasteiger partial charge < -0.3 is 19.9 Å². The molecule has 0 radical (unpaired) electrons. The van der Waals surface area contributed by atoms with E-state index in [2.05, 4.69) is 15.6 Å². The summed E-state index contributed by atoms with van der Waals surface area (Å²) < 4.78 is 7.47. The lowest BCUT2D eigenvalue weighted by Crippen LogP contribution is -2.38. The number of aliphatic imine (C=N–C) groups is 1. The summed E-state index contributed by atoms with van der Waals surface area (Å²) in [5.74, 6) is 0.701. The minimum Gasteiger partial charge on any atom is -0.375 e. The molecule has 7 heteroatoms. The zero-order valence-corrected chi connectivity index (χ0v) is 15.4. The number of hydrogen-bond donors (Lipinski definition) is 2. The van der Waals surface area contributed by atoms with Gasteiger partial charge in [0.25, 0.3) is 0 Å². The van der Waals surface area contributed by atoms with Gasteiger partial charge in [-0.2, -0.15) is 0 Å². The summed E-state index contributed by atoms with van der Waals surface area (Å²) in [5.41, 5.74) is 2.14. The summed E-state index contributed by atoms with van der Waals surface area (Å²) >= 11 is 12.1. The molecular formula is C17H22Cl2N4O. The topological polar surface area (TPSA) is 50.6 Å². The van der Waals surface area contributed by atoms with Gasteiger partial charge in [0.1, 0.15) is 5.15 Å². The number of rotatable bonds is 7. The molecule has 2 aromatic rings. The highest BCUT2D eigenvalue weighted by atomic mass is 35.5. The third-order valence-corrected chi connectivity index (χ3v) is 4.37. The Morgan fingerprint density at radius 3 is 2.58 bits per heavy atom. The molecule has 1 heterocycles. The number of nitrogens with one attached hydrogen (secondary N) is 2. The fraction of sp³-hybridized carbons (Fsp3) is 0.353. The summed E-state index contributed by atoms with van der Waals surface area (Å²) in [5, 5.41) is 7.51. The first-order valence-corrected chi connectivity index (χ1v) is 8.43. The number of benzene rings is 1. The van der Waals surface area contributed by atoms with E-state index >= 15 is 0 Å². The Hall–Kier alpha value is -1.69. The smallest absolute Gasteiger partial charge is 0.191 e. The molecule has 0 bridgehead atoms. The van der Waals surface area contributed by atoms with Crippen LogP contribution >= 0.6 is 23.2 Å². The van der Waals surface area contributed by atoms with Gasteiger partial charge in [0.05, 0.1) is 24.8 Å². The second kappa shape index (κ2) is 9.57. The van der Waals surface area contributed by atoms with Crippen molar-refractivity contribution < 1.29 is 4.74 Å². The van der Waals surface area contributed by atoms with Gasteiger partial charge in [0.15, 0.2) is 5.96 Å². The van der Waals surface area contributed by atoms with Gasteiger partial charge >= 0.3 is 0 Å². The van der Waals surface area contributed by atoms with Crippen molar-refractivity contribution in [2.24, 2.45) is 12.0 Å². The molecule has 0 saturated heterocycles. The summed E-state index contributed by atoms with van der Waals surface area (Å²) in [6, 6.07) is 11.9. The fourth-order valence-corrected chi connectivity index (χ4v) is 2.58. The molecule has 1 aromatic carbocycles. The van der Waals surface area contributed by atoms with Gasteiger partial charge in [0, 0.05) is 26.3 Å². The maximum atomic E-state index is 6.06. The van der Waals surface area contributed by atoms with Crippen LogP contribution in [-0.2, 0) is 24.9 Å². The minimum absolute atomic E-state index is 0.533. The van der Waals surface area contributed by atoms with Gasteiger partial charge in [-0.05, 0) is 11.6 Å².